The van der Waals surface area contributed by atoms with Gasteiger partial charge in [-0.25, -0.2) is 0 Å². The van der Waals surface area contributed by atoms with Crippen LogP contribution >= 0.6 is 0 Å². The smallest absolute Gasteiger partial charge is 0.251 e. The molecule has 1 aliphatic carbocycles. The number of ether oxygens (including phenoxy) is 2. The minimum Gasteiger partial charge on any atom is -0.448 e. The monoisotopic (exact) mass is 289 g/mol. The Bertz CT molecular complexity index is 521. The van der Waals surface area contributed by atoms with Crippen LogP contribution in [0, 0.1) is 0 Å². The molecule has 0 saturated heterocycles. The molecule has 0 unspecified atom stereocenters. The van der Waals surface area contributed by atoms with Gasteiger partial charge in [-0.3, -0.25) is 4.79 Å². The summed E-state index contributed by atoms with van der Waals surface area (Å²) in [5.41, 5.74) is 0.786. The predicted molar refractivity (Wildman–Crippen MR) is 81.7 cm³/mol. The van der Waals surface area contributed by atoms with E-state index in [1.54, 1.807) is 0 Å². The van der Waals surface area contributed by atoms with Gasteiger partial charge in [-0.15, -0.1) is 0 Å². The molecule has 1 spiro atoms. The van der Waals surface area contributed by atoms with E-state index in [0.29, 0.717) is 6.42 Å². The first-order chi connectivity index (χ1) is 10.2. The topological polar surface area (TPSA) is 47.6 Å². The first-order valence-electron chi connectivity index (χ1n) is 8.03. The molecule has 3 rings (SSSR count). The summed E-state index contributed by atoms with van der Waals surface area (Å²) >= 11 is 0. The average Bonchev–Trinajstić information content (AvgIpc) is 3.05. The molecular formula is C17H23NO3. The van der Waals surface area contributed by atoms with Crippen molar-refractivity contribution >= 4 is 11.6 Å². The van der Waals surface area contributed by atoms with Crippen molar-refractivity contribution in [3.05, 3.63) is 18.2 Å². The van der Waals surface area contributed by atoms with Crippen molar-refractivity contribution in [3.63, 3.8) is 0 Å². The normalized spacial score (nSPS) is 18.1. The summed E-state index contributed by atoms with van der Waals surface area (Å²) in [7, 11) is 0. The third-order valence-corrected chi connectivity index (χ3v) is 4.19. The first-order valence-corrected chi connectivity index (χ1v) is 8.03. The van der Waals surface area contributed by atoms with Gasteiger partial charge in [-0.05, 0) is 31.4 Å². The quantitative estimate of drug-likeness (QED) is 0.824. The van der Waals surface area contributed by atoms with Crippen molar-refractivity contribution in [2.75, 3.05) is 5.32 Å². The number of fused-ring (bicyclic) bond motifs is 1. The van der Waals surface area contributed by atoms with Gasteiger partial charge in [0.2, 0.25) is 5.91 Å². The lowest BCUT2D eigenvalue weighted by Gasteiger charge is -2.21. The fourth-order valence-electron chi connectivity index (χ4n) is 3.05. The second-order valence-corrected chi connectivity index (χ2v) is 5.99. The van der Waals surface area contributed by atoms with Crippen LogP contribution in [0.3, 0.4) is 0 Å². The van der Waals surface area contributed by atoms with Crippen LogP contribution in [0.5, 0.6) is 11.5 Å². The van der Waals surface area contributed by atoms with E-state index in [-0.39, 0.29) is 5.91 Å². The number of hydrogen-bond acceptors (Lipinski definition) is 3. The summed E-state index contributed by atoms with van der Waals surface area (Å²) in [6.07, 6.45) is 7.92. The maximum Gasteiger partial charge on any atom is 0.251 e. The second kappa shape index (κ2) is 5.96. The van der Waals surface area contributed by atoms with Gasteiger partial charge >= 0.3 is 0 Å². The molecule has 21 heavy (non-hydrogen) atoms. The van der Waals surface area contributed by atoms with E-state index in [0.717, 1.165) is 62.1 Å². The number of benzene rings is 1. The molecule has 4 heteroatoms. The van der Waals surface area contributed by atoms with E-state index in [1.807, 2.05) is 18.2 Å². The molecule has 0 bridgehead atoms. The van der Waals surface area contributed by atoms with Gasteiger partial charge < -0.3 is 14.8 Å². The van der Waals surface area contributed by atoms with Crippen molar-refractivity contribution < 1.29 is 14.3 Å². The Morgan fingerprint density at radius 2 is 1.95 bits per heavy atom. The molecule has 0 atom stereocenters. The van der Waals surface area contributed by atoms with Crippen molar-refractivity contribution in [3.8, 4) is 11.5 Å². The maximum absolute atomic E-state index is 11.9. The maximum atomic E-state index is 11.9. The number of hydrogen-bond donors (Lipinski definition) is 1. The SMILES string of the molecule is CCCCCC(=O)Nc1ccc2c(c1)OC1(CCCC1)O2. The molecule has 1 N–H and O–H groups in total. The molecule has 1 amide bonds. The van der Waals surface area contributed by atoms with Crippen molar-refractivity contribution in [2.45, 2.75) is 64.1 Å². The third kappa shape index (κ3) is 3.14. The highest BCUT2D eigenvalue weighted by atomic mass is 16.7. The highest BCUT2D eigenvalue weighted by Crippen LogP contribution is 2.47. The van der Waals surface area contributed by atoms with E-state index >= 15 is 0 Å². The molecule has 1 fully saturated rings. The van der Waals surface area contributed by atoms with Crippen molar-refractivity contribution in [1.82, 2.24) is 0 Å². The summed E-state index contributed by atoms with van der Waals surface area (Å²) in [5.74, 6) is 1.17. The van der Waals surface area contributed by atoms with Crippen molar-refractivity contribution in [1.29, 1.82) is 0 Å². The zero-order valence-electron chi connectivity index (χ0n) is 12.6. The molecule has 114 valence electrons. The van der Waals surface area contributed by atoms with Crippen LogP contribution in [0.1, 0.15) is 58.3 Å². The number of amides is 1. The molecule has 1 aliphatic heterocycles. The van der Waals surface area contributed by atoms with Crippen molar-refractivity contribution in [2.24, 2.45) is 0 Å². The fraction of sp³-hybridized carbons (Fsp3) is 0.588. The highest BCUT2D eigenvalue weighted by Gasteiger charge is 2.44. The standard InChI is InChI=1S/C17H23NO3/c1-2-3-4-7-16(19)18-13-8-9-14-15(12-13)21-17(20-14)10-5-6-11-17/h8-9,12H,2-7,10-11H2,1H3,(H,18,19). The van der Waals surface area contributed by atoms with Gasteiger partial charge in [-0.1, -0.05) is 19.8 Å². The molecule has 1 aromatic carbocycles. The average molecular weight is 289 g/mol. The summed E-state index contributed by atoms with van der Waals surface area (Å²) in [6, 6.07) is 5.65. The Balaban J connectivity index is 1.61. The summed E-state index contributed by atoms with van der Waals surface area (Å²) in [5, 5.41) is 2.94. The summed E-state index contributed by atoms with van der Waals surface area (Å²) in [4.78, 5) is 11.9. The van der Waals surface area contributed by atoms with Crippen LogP contribution < -0.4 is 14.8 Å². The van der Waals surface area contributed by atoms with Gasteiger partial charge in [-0.2, -0.15) is 0 Å². The van der Waals surface area contributed by atoms with Crippen LogP contribution in [0.15, 0.2) is 18.2 Å². The molecule has 1 aromatic rings. The van der Waals surface area contributed by atoms with Crippen LogP contribution in [0.4, 0.5) is 5.69 Å². The Hall–Kier alpha value is -1.71. The fourth-order valence-corrected chi connectivity index (χ4v) is 3.05. The summed E-state index contributed by atoms with van der Waals surface area (Å²) in [6.45, 7) is 2.13. The molecule has 2 aliphatic rings. The van der Waals surface area contributed by atoms with Gasteiger partial charge in [0.25, 0.3) is 5.79 Å². The molecule has 0 aromatic heterocycles. The van der Waals surface area contributed by atoms with E-state index in [9.17, 15) is 4.79 Å². The number of carbonyl (C=O) groups is 1. The third-order valence-electron chi connectivity index (χ3n) is 4.19. The number of anilines is 1. The minimum absolute atomic E-state index is 0.0675. The zero-order valence-corrected chi connectivity index (χ0v) is 12.6. The predicted octanol–water partition coefficient (Wildman–Crippen LogP) is 4.25. The number of rotatable bonds is 5. The molecule has 1 saturated carbocycles. The minimum atomic E-state index is -0.438. The van der Waals surface area contributed by atoms with Crippen LogP contribution in [-0.4, -0.2) is 11.7 Å². The van der Waals surface area contributed by atoms with E-state index in [1.165, 1.54) is 0 Å². The van der Waals surface area contributed by atoms with Gasteiger partial charge in [0, 0.05) is 31.0 Å². The number of carbonyl (C=O) groups excluding carboxylic acids is 1. The Labute approximate surface area is 125 Å². The second-order valence-electron chi connectivity index (χ2n) is 5.99. The largest absolute Gasteiger partial charge is 0.448 e. The molecule has 1 heterocycles. The van der Waals surface area contributed by atoms with Crippen LogP contribution in [0.25, 0.3) is 0 Å². The van der Waals surface area contributed by atoms with Gasteiger partial charge in [0.15, 0.2) is 11.5 Å². The Kier molecular flexibility index (Phi) is 4.04. The van der Waals surface area contributed by atoms with Gasteiger partial charge in [0.05, 0.1) is 0 Å². The molecule has 0 radical (unpaired) electrons. The van der Waals surface area contributed by atoms with E-state index < -0.39 is 5.79 Å². The first kappa shape index (κ1) is 14.2. The number of nitrogens with one attached hydrogen (secondary N) is 1. The Morgan fingerprint density at radius 3 is 2.71 bits per heavy atom. The molecule has 4 nitrogen and oxygen atoms in total. The summed E-state index contributed by atoms with van der Waals surface area (Å²) < 4.78 is 12.0. The zero-order chi connectivity index (χ0) is 14.7. The lowest BCUT2D eigenvalue weighted by Crippen LogP contribution is -2.34. The van der Waals surface area contributed by atoms with Crippen LogP contribution in [-0.2, 0) is 4.79 Å². The molecular weight excluding hydrogens is 266 g/mol. The van der Waals surface area contributed by atoms with E-state index in [4.69, 9.17) is 9.47 Å². The lowest BCUT2D eigenvalue weighted by atomic mass is 10.2. The Morgan fingerprint density at radius 1 is 1.19 bits per heavy atom. The lowest BCUT2D eigenvalue weighted by molar-refractivity contribution is -0.116. The van der Waals surface area contributed by atoms with E-state index in [2.05, 4.69) is 12.2 Å². The van der Waals surface area contributed by atoms with Gasteiger partial charge in [0.1, 0.15) is 0 Å². The highest BCUT2D eigenvalue weighted by molar-refractivity contribution is 5.91. The van der Waals surface area contributed by atoms with Crippen LogP contribution in [0.2, 0.25) is 0 Å². The number of unbranched alkanes of at least 4 members (excludes halogenated alkanes) is 2.